The molecule has 0 aromatic heterocycles. The Labute approximate surface area is 94.4 Å². The number of nitrogens with two attached hydrogens (primary N) is 1. The van der Waals surface area contributed by atoms with E-state index in [1.807, 2.05) is 18.2 Å². The van der Waals surface area contributed by atoms with Gasteiger partial charge in [-0.15, -0.1) is 0 Å². The first-order valence-electron chi connectivity index (χ1n) is 3.96. The second kappa shape index (κ2) is 5.10. The van der Waals surface area contributed by atoms with Gasteiger partial charge in [-0.1, -0.05) is 6.07 Å². The van der Waals surface area contributed by atoms with Gasteiger partial charge in [-0.25, -0.2) is 0 Å². The van der Waals surface area contributed by atoms with E-state index in [0.717, 1.165) is 14.5 Å². The van der Waals surface area contributed by atoms with Crippen LogP contribution < -0.4 is 5.73 Å². The van der Waals surface area contributed by atoms with Gasteiger partial charge in [0, 0.05) is 21.6 Å². The third-order valence-corrected chi connectivity index (χ3v) is 3.69. The molecule has 13 heavy (non-hydrogen) atoms. The van der Waals surface area contributed by atoms with E-state index >= 15 is 0 Å². The predicted octanol–water partition coefficient (Wildman–Crippen LogP) is 2.59. The monoisotopic (exact) mass is 307 g/mol. The zero-order valence-electron chi connectivity index (χ0n) is 7.00. The van der Waals surface area contributed by atoms with E-state index in [2.05, 4.69) is 31.9 Å². The number of rotatable bonds is 3. The Hall–Kier alpha value is 0.1000. The highest BCUT2D eigenvalue weighted by molar-refractivity contribution is 9.13. The molecule has 0 amide bonds. The summed E-state index contributed by atoms with van der Waals surface area (Å²) >= 11 is 6.78. The fraction of sp³-hybridized carbons (Fsp3) is 0.333. The Morgan fingerprint density at radius 2 is 2.00 bits per heavy atom. The summed E-state index contributed by atoms with van der Waals surface area (Å²) in [6.07, 6.45) is 0.591. The van der Waals surface area contributed by atoms with Crippen LogP contribution in [0.1, 0.15) is 18.0 Å². The average molecular weight is 309 g/mol. The minimum absolute atomic E-state index is 0.0885. The van der Waals surface area contributed by atoms with Crippen LogP contribution in [0.25, 0.3) is 0 Å². The zero-order chi connectivity index (χ0) is 9.84. The van der Waals surface area contributed by atoms with Crippen molar-refractivity contribution in [1.82, 2.24) is 0 Å². The van der Waals surface area contributed by atoms with Gasteiger partial charge in [-0.2, -0.15) is 0 Å². The van der Waals surface area contributed by atoms with Crippen LogP contribution in [0.4, 0.5) is 0 Å². The van der Waals surface area contributed by atoms with Crippen LogP contribution in [0.5, 0.6) is 0 Å². The zero-order valence-corrected chi connectivity index (χ0v) is 10.2. The van der Waals surface area contributed by atoms with Crippen molar-refractivity contribution >= 4 is 31.9 Å². The van der Waals surface area contributed by atoms with Gasteiger partial charge < -0.3 is 10.8 Å². The summed E-state index contributed by atoms with van der Waals surface area (Å²) in [6, 6.07) is 5.77. The Kier molecular flexibility index (Phi) is 4.38. The Morgan fingerprint density at radius 3 is 2.54 bits per heavy atom. The van der Waals surface area contributed by atoms with Crippen LogP contribution in [-0.4, -0.2) is 11.7 Å². The van der Waals surface area contributed by atoms with Gasteiger partial charge in [-0.05, 0) is 56.0 Å². The second-order valence-electron chi connectivity index (χ2n) is 2.79. The van der Waals surface area contributed by atoms with Gasteiger partial charge in [0.25, 0.3) is 0 Å². The van der Waals surface area contributed by atoms with E-state index in [1.165, 1.54) is 0 Å². The molecule has 0 unspecified atom stereocenters. The number of aliphatic hydroxyl groups excluding tert-OH is 1. The molecule has 4 heteroatoms. The first-order valence-corrected chi connectivity index (χ1v) is 5.55. The molecular formula is C9H11Br2NO. The normalized spacial score (nSPS) is 12.9. The average Bonchev–Trinajstić information content (AvgIpc) is 2.10. The largest absolute Gasteiger partial charge is 0.396 e. The smallest absolute Gasteiger partial charge is 0.0449 e. The van der Waals surface area contributed by atoms with Crippen molar-refractivity contribution in [2.75, 3.05) is 6.61 Å². The van der Waals surface area contributed by atoms with Gasteiger partial charge >= 0.3 is 0 Å². The quantitative estimate of drug-likeness (QED) is 0.901. The predicted molar refractivity (Wildman–Crippen MR) is 60.5 cm³/mol. The van der Waals surface area contributed by atoms with E-state index < -0.39 is 0 Å². The van der Waals surface area contributed by atoms with Crippen LogP contribution >= 0.6 is 31.9 Å². The van der Waals surface area contributed by atoms with Crippen LogP contribution in [0.15, 0.2) is 27.1 Å². The molecule has 0 radical (unpaired) electrons. The minimum atomic E-state index is -0.0885. The Bertz CT molecular complexity index is 291. The number of aliphatic hydroxyl groups is 1. The molecule has 1 atom stereocenters. The van der Waals surface area contributed by atoms with E-state index in [1.54, 1.807) is 0 Å². The lowest BCUT2D eigenvalue weighted by Crippen LogP contribution is -2.11. The van der Waals surface area contributed by atoms with Crippen LogP contribution in [0, 0.1) is 0 Å². The maximum Gasteiger partial charge on any atom is 0.0449 e. The maximum absolute atomic E-state index is 8.72. The Balaban J connectivity index is 2.84. The summed E-state index contributed by atoms with van der Waals surface area (Å²) in [6.45, 7) is 0.120. The fourth-order valence-corrected chi connectivity index (χ4v) is 1.69. The number of halogens is 2. The van der Waals surface area contributed by atoms with Gasteiger partial charge in [-0.3, -0.25) is 0 Å². The summed E-state index contributed by atoms with van der Waals surface area (Å²) < 4.78 is 1.99. The topological polar surface area (TPSA) is 46.2 Å². The molecule has 0 aliphatic carbocycles. The lowest BCUT2D eigenvalue weighted by atomic mass is 10.1. The highest BCUT2D eigenvalue weighted by Crippen LogP contribution is 2.26. The molecule has 0 bridgehead atoms. The summed E-state index contributed by atoms with van der Waals surface area (Å²) in [7, 11) is 0. The van der Waals surface area contributed by atoms with Crippen molar-refractivity contribution in [2.45, 2.75) is 12.5 Å². The van der Waals surface area contributed by atoms with Crippen molar-refractivity contribution in [3.63, 3.8) is 0 Å². The third-order valence-electron chi connectivity index (χ3n) is 1.81. The van der Waals surface area contributed by atoms with Crippen LogP contribution in [-0.2, 0) is 0 Å². The number of benzene rings is 1. The number of hydrogen-bond donors (Lipinski definition) is 2. The van der Waals surface area contributed by atoms with Crippen LogP contribution in [0.3, 0.4) is 0 Å². The molecular weight excluding hydrogens is 298 g/mol. The molecule has 1 aromatic rings. The summed E-state index contributed by atoms with van der Waals surface area (Å²) in [4.78, 5) is 0. The van der Waals surface area contributed by atoms with Crippen molar-refractivity contribution in [1.29, 1.82) is 0 Å². The van der Waals surface area contributed by atoms with Gasteiger partial charge in [0.15, 0.2) is 0 Å². The molecule has 72 valence electrons. The Morgan fingerprint density at radius 1 is 1.31 bits per heavy atom. The molecule has 0 saturated carbocycles. The molecule has 0 fully saturated rings. The summed E-state index contributed by atoms with van der Waals surface area (Å²) in [5.41, 5.74) is 6.86. The molecule has 1 rings (SSSR count). The standard InChI is InChI=1S/C9H11Br2NO/c10-7-2-1-6(5-8(7)11)9(12)3-4-13/h1-2,5,9,13H,3-4,12H2/t9-/m0/s1. The lowest BCUT2D eigenvalue weighted by molar-refractivity contribution is 0.276. The molecule has 3 N–H and O–H groups in total. The van der Waals surface area contributed by atoms with Crippen molar-refractivity contribution in [3.8, 4) is 0 Å². The van der Waals surface area contributed by atoms with Gasteiger partial charge in [0.1, 0.15) is 0 Å². The summed E-state index contributed by atoms with van der Waals surface area (Å²) in [5, 5.41) is 8.72. The molecule has 0 aliphatic rings. The van der Waals surface area contributed by atoms with E-state index in [4.69, 9.17) is 10.8 Å². The highest BCUT2D eigenvalue weighted by Gasteiger charge is 2.06. The minimum Gasteiger partial charge on any atom is -0.396 e. The van der Waals surface area contributed by atoms with Crippen molar-refractivity contribution < 1.29 is 5.11 Å². The third kappa shape index (κ3) is 3.06. The first kappa shape index (κ1) is 11.2. The van der Waals surface area contributed by atoms with E-state index in [9.17, 15) is 0 Å². The van der Waals surface area contributed by atoms with E-state index in [0.29, 0.717) is 6.42 Å². The maximum atomic E-state index is 8.72. The number of hydrogen-bond acceptors (Lipinski definition) is 2. The van der Waals surface area contributed by atoms with Gasteiger partial charge in [0.05, 0.1) is 0 Å². The van der Waals surface area contributed by atoms with Crippen molar-refractivity contribution in [3.05, 3.63) is 32.7 Å². The summed E-state index contributed by atoms with van der Waals surface area (Å²) in [5.74, 6) is 0. The van der Waals surface area contributed by atoms with E-state index in [-0.39, 0.29) is 12.6 Å². The highest BCUT2D eigenvalue weighted by atomic mass is 79.9. The first-order chi connectivity index (χ1) is 6.15. The molecule has 0 heterocycles. The van der Waals surface area contributed by atoms with Crippen molar-refractivity contribution in [2.24, 2.45) is 5.73 Å². The molecule has 0 saturated heterocycles. The molecule has 2 nitrogen and oxygen atoms in total. The fourth-order valence-electron chi connectivity index (χ4n) is 1.05. The molecule has 0 aliphatic heterocycles. The lowest BCUT2D eigenvalue weighted by Gasteiger charge is -2.10. The second-order valence-corrected chi connectivity index (χ2v) is 4.50. The molecule has 1 aromatic carbocycles. The van der Waals surface area contributed by atoms with Gasteiger partial charge in [0.2, 0.25) is 0 Å². The SMILES string of the molecule is N[C@@H](CCO)c1ccc(Br)c(Br)c1. The van der Waals surface area contributed by atoms with Crippen LogP contribution in [0.2, 0.25) is 0 Å². The molecule has 0 spiro atoms.